The first-order chi connectivity index (χ1) is 7.92. The molecule has 1 aromatic carbocycles. The van der Waals surface area contributed by atoms with Crippen molar-refractivity contribution in [3.05, 3.63) is 34.9 Å². The molecule has 0 saturated carbocycles. The average Bonchev–Trinajstić information content (AvgIpc) is 2.23. The fraction of sp³-hybridized carbons (Fsp3) is 0.455. The monoisotopic (exact) mass is 330 g/mol. The highest BCUT2D eigenvalue weighted by atomic mass is 79.9. The van der Waals surface area contributed by atoms with Crippen molar-refractivity contribution in [2.75, 3.05) is 11.9 Å². The van der Waals surface area contributed by atoms with Crippen LogP contribution in [0.1, 0.15) is 18.1 Å². The number of hydrogen-bond acceptors (Lipinski definition) is 1. The summed E-state index contributed by atoms with van der Waals surface area (Å²) in [4.78, 5) is 0. The van der Waals surface area contributed by atoms with Crippen molar-refractivity contribution >= 4 is 27.5 Å². The zero-order chi connectivity index (χ0) is 12.9. The molecule has 0 saturated heterocycles. The third kappa shape index (κ3) is 5.75. The van der Waals surface area contributed by atoms with Gasteiger partial charge in [-0.1, -0.05) is 39.7 Å². The first-order valence-electron chi connectivity index (χ1n) is 4.92. The topological polar surface area (TPSA) is 9.23 Å². The second kappa shape index (κ2) is 6.61. The highest BCUT2D eigenvalue weighted by molar-refractivity contribution is 9.09. The van der Waals surface area contributed by atoms with Gasteiger partial charge < -0.3 is 4.74 Å². The van der Waals surface area contributed by atoms with Crippen molar-refractivity contribution in [3.63, 3.8) is 0 Å². The fourth-order valence-electron chi connectivity index (χ4n) is 1.25. The van der Waals surface area contributed by atoms with Crippen LogP contribution >= 0.6 is 27.5 Å². The lowest BCUT2D eigenvalue weighted by molar-refractivity contribution is -0.148. The van der Waals surface area contributed by atoms with Gasteiger partial charge in [0.05, 0.1) is 19.1 Å². The summed E-state index contributed by atoms with van der Waals surface area (Å²) in [5, 5.41) is 0.957. The Bertz CT molecular complexity index is 357. The van der Waals surface area contributed by atoms with Gasteiger partial charge in [0.25, 0.3) is 0 Å². The molecule has 0 aliphatic carbocycles. The second-order valence-electron chi connectivity index (χ2n) is 3.43. The van der Waals surface area contributed by atoms with Gasteiger partial charge in [-0.3, -0.25) is 0 Å². The maximum Gasteiger partial charge on any atom is 0.391 e. The van der Waals surface area contributed by atoms with Gasteiger partial charge in [-0.15, -0.1) is 0 Å². The maximum absolute atomic E-state index is 12.0. The van der Waals surface area contributed by atoms with Gasteiger partial charge in [0.15, 0.2) is 0 Å². The van der Waals surface area contributed by atoms with E-state index in [0.29, 0.717) is 10.4 Å². The van der Waals surface area contributed by atoms with Crippen LogP contribution in [0.2, 0.25) is 5.02 Å². The van der Waals surface area contributed by atoms with Crippen molar-refractivity contribution in [1.29, 1.82) is 0 Å². The molecule has 0 spiro atoms. The molecule has 1 nitrogen and oxygen atoms in total. The molecule has 1 unspecified atom stereocenters. The van der Waals surface area contributed by atoms with Crippen LogP contribution in [0.25, 0.3) is 0 Å². The van der Waals surface area contributed by atoms with E-state index in [4.69, 9.17) is 16.3 Å². The van der Waals surface area contributed by atoms with E-state index in [9.17, 15) is 13.2 Å². The lowest BCUT2D eigenvalue weighted by atomic mass is 10.1. The Kier molecular flexibility index (Phi) is 5.76. The van der Waals surface area contributed by atoms with Crippen molar-refractivity contribution in [1.82, 2.24) is 0 Å². The molecule has 6 heteroatoms. The molecule has 17 heavy (non-hydrogen) atoms. The van der Waals surface area contributed by atoms with Crippen LogP contribution in [0.5, 0.6) is 0 Å². The molecule has 96 valence electrons. The van der Waals surface area contributed by atoms with Crippen LogP contribution in [-0.2, 0) is 4.74 Å². The van der Waals surface area contributed by atoms with Gasteiger partial charge in [0.1, 0.15) is 0 Å². The van der Waals surface area contributed by atoms with E-state index in [2.05, 4.69) is 15.9 Å². The van der Waals surface area contributed by atoms with Crippen LogP contribution in [0.15, 0.2) is 24.3 Å². The Labute approximate surface area is 111 Å². The highest BCUT2D eigenvalue weighted by Crippen LogP contribution is 2.25. The SMILES string of the molecule is FC(F)(F)CCOC(CBr)c1cccc(Cl)c1. The van der Waals surface area contributed by atoms with Crippen molar-refractivity contribution in [2.24, 2.45) is 0 Å². The van der Waals surface area contributed by atoms with Gasteiger partial charge in [0, 0.05) is 10.4 Å². The van der Waals surface area contributed by atoms with E-state index in [0.717, 1.165) is 5.56 Å². The average molecular weight is 332 g/mol. The number of alkyl halides is 4. The molecule has 0 aromatic heterocycles. The first-order valence-corrected chi connectivity index (χ1v) is 6.42. The van der Waals surface area contributed by atoms with Crippen LogP contribution in [0.3, 0.4) is 0 Å². The largest absolute Gasteiger partial charge is 0.391 e. The van der Waals surface area contributed by atoms with E-state index in [1.165, 1.54) is 0 Å². The molecule has 0 aliphatic rings. The number of ether oxygens (including phenoxy) is 1. The first kappa shape index (κ1) is 14.8. The van der Waals surface area contributed by atoms with Crippen molar-refractivity contribution in [2.45, 2.75) is 18.7 Å². The molecule has 0 N–H and O–H groups in total. The van der Waals surface area contributed by atoms with Gasteiger partial charge in [-0.25, -0.2) is 0 Å². The van der Waals surface area contributed by atoms with E-state index in [1.54, 1.807) is 24.3 Å². The minimum Gasteiger partial charge on any atom is -0.372 e. The molecular formula is C11H11BrClF3O. The highest BCUT2D eigenvalue weighted by Gasteiger charge is 2.27. The summed E-state index contributed by atoms with van der Waals surface area (Å²) < 4.78 is 41.1. The number of rotatable bonds is 5. The lowest BCUT2D eigenvalue weighted by Gasteiger charge is -2.16. The molecule has 0 heterocycles. The molecule has 0 radical (unpaired) electrons. The van der Waals surface area contributed by atoms with Crippen molar-refractivity contribution in [3.8, 4) is 0 Å². The summed E-state index contributed by atoms with van der Waals surface area (Å²) in [5.41, 5.74) is 0.761. The van der Waals surface area contributed by atoms with Crippen LogP contribution in [-0.4, -0.2) is 18.1 Å². The molecule has 0 amide bonds. The molecule has 0 bridgehead atoms. The number of hydrogen-bond donors (Lipinski definition) is 0. The third-order valence-electron chi connectivity index (χ3n) is 2.07. The summed E-state index contributed by atoms with van der Waals surface area (Å²) in [5.74, 6) is 0. The van der Waals surface area contributed by atoms with E-state index >= 15 is 0 Å². The zero-order valence-electron chi connectivity index (χ0n) is 8.81. The minimum atomic E-state index is -4.19. The van der Waals surface area contributed by atoms with Crippen LogP contribution in [0.4, 0.5) is 13.2 Å². The van der Waals surface area contributed by atoms with E-state index in [1.807, 2.05) is 0 Å². The maximum atomic E-state index is 12.0. The third-order valence-corrected chi connectivity index (χ3v) is 2.89. The zero-order valence-corrected chi connectivity index (χ0v) is 11.1. The molecule has 1 rings (SSSR count). The lowest BCUT2D eigenvalue weighted by Crippen LogP contribution is -2.14. The second-order valence-corrected chi connectivity index (χ2v) is 4.52. The van der Waals surface area contributed by atoms with Gasteiger partial charge in [0.2, 0.25) is 0 Å². The van der Waals surface area contributed by atoms with Gasteiger partial charge >= 0.3 is 6.18 Å². The molecule has 0 fully saturated rings. The van der Waals surface area contributed by atoms with Crippen LogP contribution in [0, 0.1) is 0 Å². The predicted molar refractivity (Wildman–Crippen MR) is 64.6 cm³/mol. The quantitative estimate of drug-likeness (QED) is 0.708. The molecule has 0 aliphatic heterocycles. The summed E-state index contributed by atoms with van der Waals surface area (Å²) >= 11 is 9.01. The smallest absolute Gasteiger partial charge is 0.372 e. The van der Waals surface area contributed by atoms with Crippen LogP contribution < -0.4 is 0 Å². The molecule has 1 aromatic rings. The Morgan fingerprint density at radius 3 is 2.59 bits per heavy atom. The minimum absolute atomic E-state index is 0.355. The standard InChI is InChI=1S/C11H11BrClF3O/c12-7-10(17-5-4-11(14,15)16)8-2-1-3-9(13)6-8/h1-3,6,10H,4-5,7H2. The van der Waals surface area contributed by atoms with E-state index in [-0.39, 0.29) is 6.61 Å². The molecule has 1 atom stereocenters. The summed E-state index contributed by atoms with van der Waals surface area (Å²) in [7, 11) is 0. The van der Waals surface area contributed by atoms with Gasteiger partial charge in [-0.05, 0) is 17.7 Å². The Morgan fingerprint density at radius 1 is 1.35 bits per heavy atom. The Hall–Kier alpha value is -0.260. The predicted octanol–water partition coefficient (Wildman–Crippen LogP) is 4.75. The summed E-state index contributed by atoms with van der Waals surface area (Å²) in [6, 6.07) is 6.89. The summed E-state index contributed by atoms with van der Waals surface area (Å²) in [6.45, 7) is -0.355. The fourth-order valence-corrected chi connectivity index (χ4v) is 2.01. The van der Waals surface area contributed by atoms with Gasteiger partial charge in [-0.2, -0.15) is 13.2 Å². The Balaban J connectivity index is 2.54. The Morgan fingerprint density at radius 2 is 2.06 bits per heavy atom. The summed E-state index contributed by atoms with van der Waals surface area (Å²) in [6.07, 6.45) is -5.56. The number of benzene rings is 1. The normalized spacial score (nSPS) is 13.7. The van der Waals surface area contributed by atoms with Crippen molar-refractivity contribution < 1.29 is 17.9 Å². The molecular weight excluding hydrogens is 320 g/mol. The van der Waals surface area contributed by atoms with E-state index < -0.39 is 18.7 Å². The number of halogens is 5.